The summed E-state index contributed by atoms with van der Waals surface area (Å²) in [4.78, 5) is 26.1. The molecule has 1 fully saturated rings. The fourth-order valence-electron chi connectivity index (χ4n) is 2.68. The number of aryl methyl sites for hydroxylation is 1. The lowest BCUT2D eigenvalue weighted by Crippen LogP contribution is -2.28. The Morgan fingerprint density at radius 1 is 1.29 bits per heavy atom. The average molecular weight is 347 g/mol. The molecule has 24 heavy (non-hydrogen) atoms. The Bertz CT molecular complexity index is 809. The summed E-state index contributed by atoms with van der Waals surface area (Å²) in [6.07, 6.45) is 0.0891. The SMILES string of the molecule is Cc1ccc(N2C[C@@H](C(=O)Nc3ccccc3F)CC2=O)cc1Cl. The molecule has 0 aliphatic carbocycles. The van der Waals surface area contributed by atoms with Crippen LogP contribution in [-0.4, -0.2) is 18.4 Å². The van der Waals surface area contributed by atoms with E-state index in [4.69, 9.17) is 11.6 Å². The molecule has 0 bridgehead atoms. The second kappa shape index (κ2) is 6.61. The Hall–Kier alpha value is -2.40. The molecule has 2 aromatic carbocycles. The minimum atomic E-state index is -0.530. The lowest BCUT2D eigenvalue weighted by Gasteiger charge is -2.17. The number of amides is 2. The van der Waals surface area contributed by atoms with E-state index in [1.165, 1.54) is 17.0 Å². The van der Waals surface area contributed by atoms with E-state index >= 15 is 0 Å². The zero-order chi connectivity index (χ0) is 17.3. The normalized spacial score (nSPS) is 17.2. The number of carbonyl (C=O) groups excluding carboxylic acids is 2. The summed E-state index contributed by atoms with van der Waals surface area (Å²) in [5, 5.41) is 3.12. The molecule has 0 radical (unpaired) electrons. The van der Waals surface area contributed by atoms with Crippen molar-refractivity contribution >= 4 is 34.8 Å². The van der Waals surface area contributed by atoms with E-state index in [1.807, 2.05) is 13.0 Å². The Balaban J connectivity index is 1.73. The molecule has 1 aliphatic rings. The first-order valence-electron chi connectivity index (χ1n) is 7.57. The van der Waals surface area contributed by atoms with Crippen LogP contribution in [0.2, 0.25) is 5.02 Å². The lowest BCUT2D eigenvalue weighted by molar-refractivity contribution is -0.122. The number of halogens is 2. The Kier molecular flexibility index (Phi) is 4.53. The Morgan fingerprint density at radius 3 is 2.75 bits per heavy atom. The van der Waals surface area contributed by atoms with Gasteiger partial charge >= 0.3 is 0 Å². The van der Waals surface area contributed by atoms with Crippen molar-refractivity contribution in [2.75, 3.05) is 16.8 Å². The van der Waals surface area contributed by atoms with Gasteiger partial charge in [-0.25, -0.2) is 4.39 Å². The summed E-state index contributed by atoms with van der Waals surface area (Å²) >= 11 is 6.10. The minimum absolute atomic E-state index is 0.0891. The number of anilines is 2. The molecule has 0 saturated carbocycles. The summed E-state index contributed by atoms with van der Waals surface area (Å²) in [6, 6.07) is 11.3. The first kappa shape index (κ1) is 16.5. The van der Waals surface area contributed by atoms with Crippen LogP contribution in [0.1, 0.15) is 12.0 Å². The van der Waals surface area contributed by atoms with E-state index < -0.39 is 11.7 Å². The molecule has 1 atom stereocenters. The van der Waals surface area contributed by atoms with Crippen molar-refractivity contribution < 1.29 is 14.0 Å². The number of carbonyl (C=O) groups is 2. The van der Waals surface area contributed by atoms with Crippen LogP contribution in [0.4, 0.5) is 15.8 Å². The summed E-state index contributed by atoms with van der Waals surface area (Å²) in [6.45, 7) is 2.13. The number of nitrogens with one attached hydrogen (secondary N) is 1. The maximum Gasteiger partial charge on any atom is 0.229 e. The maximum absolute atomic E-state index is 13.6. The number of hydrogen-bond acceptors (Lipinski definition) is 2. The molecule has 2 amide bonds. The maximum atomic E-state index is 13.6. The van der Waals surface area contributed by atoms with Gasteiger partial charge in [0.05, 0.1) is 11.6 Å². The van der Waals surface area contributed by atoms with Gasteiger partial charge in [0, 0.05) is 23.7 Å². The molecule has 1 saturated heterocycles. The van der Waals surface area contributed by atoms with Gasteiger partial charge < -0.3 is 10.2 Å². The summed E-state index contributed by atoms with van der Waals surface area (Å²) in [5.41, 5.74) is 1.70. The van der Waals surface area contributed by atoms with E-state index in [2.05, 4.69) is 5.32 Å². The van der Waals surface area contributed by atoms with Crippen molar-refractivity contribution in [1.82, 2.24) is 0 Å². The second-order valence-corrected chi connectivity index (χ2v) is 6.22. The molecule has 1 N–H and O–H groups in total. The van der Waals surface area contributed by atoms with Crippen LogP contribution in [0.15, 0.2) is 42.5 Å². The molecular weight excluding hydrogens is 331 g/mol. The van der Waals surface area contributed by atoms with Crippen LogP contribution in [-0.2, 0) is 9.59 Å². The summed E-state index contributed by atoms with van der Waals surface area (Å²) < 4.78 is 13.6. The quantitative estimate of drug-likeness (QED) is 0.919. The van der Waals surface area contributed by atoms with Gasteiger partial charge in [0.2, 0.25) is 11.8 Å². The molecule has 2 aromatic rings. The molecule has 0 spiro atoms. The fourth-order valence-corrected chi connectivity index (χ4v) is 2.85. The van der Waals surface area contributed by atoms with Gasteiger partial charge in [-0.1, -0.05) is 29.8 Å². The highest BCUT2D eigenvalue weighted by molar-refractivity contribution is 6.31. The van der Waals surface area contributed by atoms with Gasteiger partial charge in [-0.15, -0.1) is 0 Å². The fraction of sp³-hybridized carbons (Fsp3) is 0.222. The molecule has 6 heteroatoms. The molecule has 4 nitrogen and oxygen atoms in total. The van der Waals surface area contributed by atoms with Crippen LogP contribution in [0, 0.1) is 18.7 Å². The van der Waals surface area contributed by atoms with Crippen molar-refractivity contribution in [3.05, 3.63) is 58.9 Å². The van der Waals surface area contributed by atoms with Crippen molar-refractivity contribution in [1.29, 1.82) is 0 Å². The third kappa shape index (κ3) is 3.26. The number of para-hydroxylation sites is 1. The zero-order valence-electron chi connectivity index (χ0n) is 13.1. The second-order valence-electron chi connectivity index (χ2n) is 5.81. The number of hydrogen-bond donors (Lipinski definition) is 1. The topological polar surface area (TPSA) is 49.4 Å². The molecule has 3 rings (SSSR count). The van der Waals surface area contributed by atoms with Crippen molar-refractivity contribution in [2.24, 2.45) is 5.92 Å². The van der Waals surface area contributed by atoms with Gasteiger partial charge in [0.25, 0.3) is 0 Å². The number of nitrogens with zero attached hydrogens (tertiary/aromatic N) is 1. The van der Waals surface area contributed by atoms with Gasteiger partial charge in [0.1, 0.15) is 5.82 Å². The van der Waals surface area contributed by atoms with Gasteiger partial charge in [-0.2, -0.15) is 0 Å². The Labute approximate surface area is 144 Å². The lowest BCUT2D eigenvalue weighted by atomic mass is 10.1. The predicted molar refractivity (Wildman–Crippen MR) is 91.7 cm³/mol. The molecule has 0 unspecified atom stereocenters. The first-order valence-corrected chi connectivity index (χ1v) is 7.95. The highest BCUT2D eigenvalue weighted by Gasteiger charge is 2.35. The third-order valence-corrected chi connectivity index (χ3v) is 4.50. The van der Waals surface area contributed by atoms with Crippen LogP contribution >= 0.6 is 11.6 Å². The van der Waals surface area contributed by atoms with Gasteiger partial charge in [0.15, 0.2) is 0 Å². The molecule has 0 aromatic heterocycles. The van der Waals surface area contributed by atoms with E-state index in [-0.39, 0.29) is 30.5 Å². The highest BCUT2D eigenvalue weighted by atomic mass is 35.5. The third-order valence-electron chi connectivity index (χ3n) is 4.09. The van der Waals surface area contributed by atoms with Crippen molar-refractivity contribution in [2.45, 2.75) is 13.3 Å². The largest absolute Gasteiger partial charge is 0.323 e. The highest BCUT2D eigenvalue weighted by Crippen LogP contribution is 2.29. The smallest absolute Gasteiger partial charge is 0.229 e. The van der Waals surface area contributed by atoms with E-state index in [0.29, 0.717) is 10.7 Å². The summed E-state index contributed by atoms with van der Waals surface area (Å²) in [7, 11) is 0. The monoisotopic (exact) mass is 346 g/mol. The summed E-state index contributed by atoms with van der Waals surface area (Å²) in [5.74, 6) is -1.55. The minimum Gasteiger partial charge on any atom is -0.323 e. The number of benzene rings is 2. The Morgan fingerprint density at radius 2 is 2.04 bits per heavy atom. The van der Waals surface area contributed by atoms with Crippen molar-refractivity contribution in [3.8, 4) is 0 Å². The van der Waals surface area contributed by atoms with Crippen LogP contribution in [0.25, 0.3) is 0 Å². The predicted octanol–water partition coefficient (Wildman–Crippen LogP) is 3.78. The van der Waals surface area contributed by atoms with Crippen LogP contribution in [0.3, 0.4) is 0 Å². The van der Waals surface area contributed by atoms with E-state index in [1.54, 1.807) is 24.3 Å². The molecular formula is C18H16ClFN2O2. The van der Waals surface area contributed by atoms with E-state index in [0.717, 1.165) is 5.56 Å². The molecule has 1 aliphatic heterocycles. The van der Waals surface area contributed by atoms with Gasteiger partial charge in [-0.3, -0.25) is 9.59 Å². The molecule has 1 heterocycles. The van der Waals surface area contributed by atoms with Crippen LogP contribution in [0.5, 0.6) is 0 Å². The van der Waals surface area contributed by atoms with Crippen molar-refractivity contribution in [3.63, 3.8) is 0 Å². The molecule has 124 valence electrons. The van der Waals surface area contributed by atoms with Crippen LogP contribution < -0.4 is 10.2 Å². The standard InChI is InChI=1S/C18H16ClFN2O2/c1-11-6-7-13(9-14(11)19)22-10-12(8-17(22)23)18(24)21-16-5-3-2-4-15(16)20/h2-7,9,12H,8,10H2,1H3,(H,21,24)/t12-/m0/s1. The van der Waals surface area contributed by atoms with Gasteiger partial charge in [-0.05, 0) is 36.8 Å². The van der Waals surface area contributed by atoms with E-state index in [9.17, 15) is 14.0 Å². The number of rotatable bonds is 3. The average Bonchev–Trinajstić information content (AvgIpc) is 2.94. The first-order chi connectivity index (χ1) is 11.5. The zero-order valence-corrected chi connectivity index (χ0v) is 13.8.